The average Bonchev–Trinajstić information content (AvgIpc) is 2.53. The van der Waals surface area contributed by atoms with E-state index in [1.54, 1.807) is 0 Å². The molecular formula is C18H28N2O. The lowest BCUT2D eigenvalue weighted by atomic mass is 9.81. The van der Waals surface area contributed by atoms with Crippen LogP contribution < -0.4 is 11.1 Å². The van der Waals surface area contributed by atoms with Gasteiger partial charge in [-0.2, -0.15) is 0 Å². The van der Waals surface area contributed by atoms with Crippen LogP contribution >= 0.6 is 0 Å². The maximum Gasteiger partial charge on any atom is 0.220 e. The van der Waals surface area contributed by atoms with Crippen LogP contribution in [0.4, 0.5) is 5.69 Å². The van der Waals surface area contributed by atoms with Gasteiger partial charge < -0.3 is 11.1 Å². The van der Waals surface area contributed by atoms with Crippen molar-refractivity contribution in [2.45, 2.75) is 51.9 Å². The van der Waals surface area contributed by atoms with E-state index in [-0.39, 0.29) is 5.91 Å². The molecule has 0 radical (unpaired) electrons. The smallest absolute Gasteiger partial charge is 0.220 e. The summed E-state index contributed by atoms with van der Waals surface area (Å²) >= 11 is 0. The number of nitrogens with two attached hydrogens (primary N) is 1. The number of hydrogen-bond acceptors (Lipinski definition) is 2. The molecule has 0 spiro atoms. The number of nitrogens with one attached hydrogen (secondary N) is 1. The molecule has 3 N–H and O–H groups in total. The van der Waals surface area contributed by atoms with E-state index in [2.05, 4.69) is 12.2 Å². The molecule has 0 bridgehead atoms. The summed E-state index contributed by atoms with van der Waals surface area (Å²) in [6, 6.07) is 7.77. The molecule has 1 aliphatic carbocycles. The molecule has 1 aromatic rings. The van der Waals surface area contributed by atoms with Crippen molar-refractivity contribution in [3.05, 3.63) is 29.8 Å². The standard InChI is InChI=1S/C18H28N2O/c1-2-14-3-5-16(6-4-14)13-20-18(21)12-9-15-7-10-17(19)11-8-15/h7-8,10-11,14,16H,2-6,9,12-13,19H2,1H3,(H,20,21). The Bertz CT molecular complexity index is 433. The van der Waals surface area contributed by atoms with E-state index < -0.39 is 0 Å². The molecule has 3 nitrogen and oxygen atoms in total. The SMILES string of the molecule is CCC1CCC(CNC(=O)CCc2ccc(N)cc2)CC1. The van der Waals surface area contributed by atoms with Crippen molar-refractivity contribution >= 4 is 11.6 Å². The maximum absolute atomic E-state index is 11.9. The van der Waals surface area contributed by atoms with Crippen molar-refractivity contribution in [2.75, 3.05) is 12.3 Å². The predicted octanol–water partition coefficient (Wildman–Crippen LogP) is 3.53. The van der Waals surface area contributed by atoms with Crippen LogP contribution in [0, 0.1) is 11.8 Å². The third-order valence-corrected chi connectivity index (χ3v) is 4.75. The molecule has 0 saturated heterocycles. The number of rotatable bonds is 6. The summed E-state index contributed by atoms with van der Waals surface area (Å²) in [6.45, 7) is 3.14. The van der Waals surface area contributed by atoms with Gasteiger partial charge in [-0.15, -0.1) is 0 Å². The predicted molar refractivity (Wildman–Crippen MR) is 87.9 cm³/mol. The van der Waals surface area contributed by atoms with Crippen molar-refractivity contribution < 1.29 is 4.79 Å². The number of benzene rings is 1. The first kappa shape index (κ1) is 15.9. The monoisotopic (exact) mass is 288 g/mol. The van der Waals surface area contributed by atoms with Crippen LogP contribution in [0.25, 0.3) is 0 Å². The summed E-state index contributed by atoms with van der Waals surface area (Å²) in [5, 5.41) is 3.10. The zero-order chi connectivity index (χ0) is 15.1. The van der Waals surface area contributed by atoms with Crippen molar-refractivity contribution in [3.8, 4) is 0 Å². The molecule has 1 saturated carbocycles. The summed E-state index contributed by atoms with van der Waals surface area (Å²) in [4.78, 5) is 11.9. The molecule has 0 atom stereocenters. The van der Waals surface area contributed by atoms with Crippen LogP contribution in [0.15, 0.2) is 24.3 Å². The summed E-state index contributed by atoms with van der Waals surface area (Å²) in [5.41, 5.74) is 7.59. The highest BCUT2D eigenvalue weighted by molar-refractivity contribution is 5.76. The van der Waals surface area contributed by atoms with Gasteiger partial charge in [0.1, 0.15) is 0 Å². The quantitative estimate of drug-likeness (QED) is 0.787. The normalized spacial score (nSPS) is 22.0. The highest BCUT2D eigenvalue weighted by Gasteiger charge is 2.20. The molecule has 0 aromatic heterocycles. The van der Waals surface area contributed by atoms with E-state index in [0.29, 0.717) is 12.3 Å². The number of hydrogen-bond donors (Lipinski definition) is 2. The van der Waals surface area contributed by atoms with Gasteiger partial charge >= 0.3 is 0 Å². The van der Waals surface area contributed by atoms with Crippen LogP contribution in [0.5, 0.6) is 0 Å². The van der Waals surface area contributed by atoms with E-state index in [4.69, 9.17) is 5.73 Å². The molecule has 1 amide bonds. The van der Waals surface area contributed by atoms with Gasteiger partial charge in [-0.05, 0) is 48.8 Å². The molecule has 2 rings (SSSR count). The molecule has 1 fully saturated rings. The average molecular weight is 288 g/mol. The van der Waals surface area contributed by atoms with Crippen molar-refractivity contribution in [2.24, 2.45) is 11.8 Å². The minimum absolute atomic E-state index is 0.171. The molecule has 1 aromatic carbocycles. The number of aryl methyl sites for hydroxylation is 1. The van der Waals surface area contributed by atoms with Crippen molar-refractivity contribution in [3.63, 3.8) is 0 Å². The Morgan fingerprint density at radius 1 is 1.14 bits per heavy atom. The topological polar surface area (TPSA) is 55.1 Å². The van der Waals surface area contributed by atoms with Crippen LogP contribution in [-0.2, 0) is 11.2 Å². The first-order valence-electron chi connectivity index (χ1n) is 8.28. The first-order chi connectivity index (χ1) is 10.2. The first-order valence-corrected chi connectivity index (χ1v) is 8.28. The Kier molecular flexibility index (Phi) is 6.09. The zero-order valence-corrected chi connectivity index (χ0v) is 13.1. The Morgan fingerprint density at radius 3 is 2.38 bits per heavy atom. The number of nitrogen functional groups attached to an aromatic ring is 1. The second kappa shape index (κ2) is 8.06. The van der Waals surface area contributed by atoms with Gasteiger partial charge in [0.25, 0.3) is 0 Å². The number of anilines is 1. The third-order valence-electron chi connectivity index (χ3n) is 4.75. The van der Waals surface area contributed by atoms with E-state index in [1.807, 2.05) is 24.3 Å². The summed E-state index contributed by atoms with van der Waals surface area (Å²) in [7, 11) is 0. The van der Waals surface area contributed by atoms with Gasteiger partial charge in [0.2, 0.25) is 5.91 Å². The summed E-state index contributed by atoms with van der Waals surface area (Å²) < 4.78 is 0. The molecule has 0 unspecified atom stereocenters. The Morgan fingerprint density at radius 2 is 1.76 bits per heavy atom. The largest absolute Gasteiger partial charge is 0.399 e. The van der Waals surface area contributed by atoms with Gasteiger partial charge in [-0.3, -0.25) is 4.79 Å². The van der Waals surface area contributed by atoms with Gasteiger partial charge in [0, 0.05) is 18.7 Å². The fourth-order valence-corrected chi connectivity index (χ4v) is 3.13. The number of carbonyl (C=O) groups is 1. The van der Waals surface area contributed by atoms with Crippen LogP contribution in [0.3, 0.4) is 0 Å². The minimum atomic E-state index is 0.171. The van der Waals surface area contributed by atoms with E-state index in [0.717, 1.165) is 24.6 Å². The lowest BCUT2D eigenvalue weighted by Crippen LogP contribution is -2.31. The van der Waals surface area contributed by atoms with Gasteiger partial charge in [-0.1, -0.05) is 38.3 Å². The van der Waals surface area contributed by atoms with E-state index >= 15 is 0 Å². The minimum Gasteiger partial charge on any atom is -0.399 e. The van der Waals surface area contributed by atoms with Gasteiger partial charge in [-0.25, -0.2) is 0 Å². The van der Waals surface area contributed by atoms with E-state index in [1.165, 1.54) is 37.7 Å². The van der Waals surface area contributed by atoms with E-state index in [9.17, 15) is 4.79 Å². The number of carbonyl (C=O) groups excluding carboxylic acids is 1. The highest BCUT2D eigenvalue weighted by atomic mass is 16.1. The third kappa shape index (κ3) is 5.41. The lowest BCUT2D eigenvalue weighted by Gasteiger charge is -2.27. The zero-order valence-electron chi connectivity index (χ0n) is 13.1. The molecule has 0 heterocycles. The fraction of sp³-hybridized carbons (Fsp3) is 0.611. The lowest BCUT2D eigenvalue weighted by molar-refractivity contribution is -0.121. The molecule has 116 valence electrons. The molecule has 3 heteroatoms. The molecule has 21 heavy (non-hydrogen) atoms. The van der Waals surface area contributed by atoms with Gasteiger partial charge in [0.05, 0.1) is 0 Å². The Hall–Kier alpha value is -1.51. The number of amides is 1. The molecule has 0 aliphatic heterocycles. The summed E-state index contributed by atoms with van der Waals surface area (Å²) in [6.07, 6.45) is 7.88. The maximum atomic E-state index is 11.9. The second-order valence-electron chi connectivity index (χ2n) is 6.34. The molecular weight excluding hydrogens is 260 g/mol. The van der Waals surface area contributed by atoms with Crippen LogP contribution in [-0.4, -0.2) is 12.5 Å². The summed E-state index contributed by atoms with van der Waals surface area (Å²) in [5.74, 6) is 1.78. The second-order valence-corrected chi connectivity index (χ2v) is 6.34. The van der Waals surface area contributed by atoms with Crippen LogP contribution in [0.2, 0.25) is 0 Å². The van der Waals surface area contributed by atoms with Crippen molar-refractivity contribution in [1.82, 2.24) is 5.32 Å². The fourth-order valence-electron chi connectivity index (χ4n) is 3.13. The van der Waals surface area contributed by atoms with Crippen LogP contribution in [0.1, 0.15) is 51.0 Å². The highest BCUT2D eigenvalue weighted by Crippen LogP contribution is 2.30. The van der Waals surface area contributed by atoms with Gasteiger partial charge in [0.15, 0.2) is 0 Å². The molecule has 1 aliphatic rings. The Labute approximate surface area is 128 Å². The van der Waals surface area contributed by atoms with Crippen molar-refractivity contribution in [1.29, 1.82) is 0 Å². The Balaban J connectivity index is 1.62.